The molecule has 4 rings (SSSR count). The van der Waals surface area contributed by atoms with Crippen LogP contribution in [0, 0.1) is 0 Å². The van der Waals surface area contributed by atoms with Gasteiger partial charge in [-0.3, -0.25) is 27.9 Å². The number of aromatic amines is 1. The summed E-state index contributed by atoms with van der Waals surface area (Å²) in [6.45, 7) is 1.02. The van der Waals surface area contributed by atoms with Crippen molar-refractivity contribution in [2.75, 3.05) is 13.2 Å². The van der Waals surface area contributed by atoms with Crippen LogP contribution in [0.25, 0.3) is 0 Å². The summed E-state index contributed by atoms with van der Waals surface area (Å²) < 4.78 is 36.0. The van der Waals surface area contributed by atoms with Gasteiger partial charge in [0.25, 0.3) is 5.56 Å². The van der Waals surface area contributed by atoms with Gasteiger partial charge in [-0.1, -0.05) is 29.8 Å². The van der Waals surface area contributed by atoms with Crippen LogP contribution in [0.4, 0.5) is 0 Å². The Hall–Kier alpha value is -1.82. The SMILES string of the molecule is C[C@]1(COP2(=O)OCC[C@@H](c3ccccc3Cl)O2)O[C@@H](n2ccc(=O)[nH]c2=O)[C@H](O)[C@@H]1O. The summed E-state index contributed by atoms with van der Waals surface area (Å²) in [5, 5.41) is 21.4. The van der Waals surface area contributed by atoms with Crippen molar-refractivity contribution in [3.8, 4) is 0 Å². The van der Waals surface area contributed by atoms with Gasteiger partial charge in [-0.15, -0.1) is 0 Å². The Kier molecular flexibility index (Phi) is 6.45. The average molecular weight is 489 g/mol. The summed E-state index contributed by atoms with van der Waals surface area (Å²) in [5.74, 6) is 0. The molecule has 0 bridgehead atoms. The highest BCUT2D eigenvalue weighted by molar-refractivity contribution is 7.48. The fourth-order valence-electron chi connectivity index (χ4n) is 3.63. The molecule has 2 aliphatic heterocycles. The third-order valence-corrected chi connectivity index (χ3v) is 7.20. The maximum atomic E-state index is 13.1. The standard InChI is InChI=1S/C19H22ClN2O9P/c1-19(16(25)15(24)17(30-19)22-8-6-14(23)21-18(22)26)10-29-32(27)28-9-7-13(31-32)11-4-2-3-5-12(11)20/h2-6,8,13,15-17,24-25H,7,9-10H2,1H3,(H,21,23,26)/t13-,15+,16-,17+,19+,32?/m0/s1. The van der Waals surface area contributed by atoms with Crippen LogP contribution in [0.1, 0.15) is 31.2 Å². The van der Waals surface area contributed by atoms with E-state index in [4.69, 9.17) is 29.9 Å². The lowest BCUT2D eigenvalue weighted by atomic mass is 9.99. The molecule has 32 heavy (non-hydrogen) atoms. The van der Waals surface area contributed by atoms with Gasteiger partial charge in [0.05, 0.1) is 19.3 Å². The largest absolute Gasteiger partial charge is 0.475 e. The molecule has 6 atom stereocenters. The van der Waals surface area contributed by atoms with Crippen LogP contribution in [-0.2, 0) is 22.9 Å². The topological polar surface area (TPSA) is 149 Å². The Balaban J connectivity index is 1.48. The monoisotopic (exact) mass is 488 g/mol. The Morgan fingerprint density at radius 3 is 2.78 bits per heavy atom. The first kappa shape index (κ1) is 23.3. The van der Waals surface area contributed by atoms with E-state index in [0.717, 1.165) is 16.8 Å². The molecule has 3 heterocycles. The zero-order valence-electron chi connectivity index (χ0n) is 16.9. The van der Waals surface area contributed by atoms with E-state index in [1.165, 1.54) is 6.92 Å². The predicted octanol–water partition coefficient (Wildman–Crippen LogP) is 1.50. The molecule has 13 heteroatoms. The van der Waals surface area contributed by atoms with Crippen molar-refractivity contribution in [3.05, 3.63) is 68.0 Å². The normalized spacial score (nSPS) is 35.1. The predicted molar refractivity (Wildman–Crippen MR) is 111 cm³/mol. The Morgan fingerprint density at radius 2 is 2.06 bits per heavy atom. The Morgan fingerprint density at radius 1 is 1.31 bits per heavy atom. The van der Waals surface area contributed by atoms with E-state index in [1.807, 2.05) is 4.98 Å². The van der Waals surface area contributed by atoms with E-state index in [9.17, 15) is 24.4 Å². The second-order valence-electron chi connectivity index (χ2n) is 7.73. The number of nitrogens with one attached hydrogen (secondary N) is 1. The number of aromatic nitrogens is 2. The van der Waals surface area contributed by atoms with E-state index in [0.29, 0.717) is 17.0 Å². The average Bonchev–Trinajstić information content (AvgIpc) is 2.97. The van der Waals surface area contributed by atoms with Gasteiger partial charge in [0.2, 0.25) is 0 Å². The summed E-state index contributed by atoms with van der Waals surface area (Å²) in [6, 6.07) is 8.04. The third kappa shape index (κ3) is 4.48. The summed E-state index contributed by atoms with van der Waals surface area (Å²) in [7, 11) is -4.05. The van der Waals surface area contributed by atoms with Gasteiger partial charge in [-0.05, 0) is 13.0 Å². The molecule has 2 fully saturated rings. The van der Waals surface area contributed by atoms with Crippen LogP contribution in [0.15, 0.2) is 46.1 Å². The maximum Gasteiger partial charge on any atom is 0.475 e. The number of ether oxygens (including phenoxy) is 1. The fourth-order valence-corrected chi connectivity index (χ4v) is 5.36. The minimum Gasteiger partial charge on any atom is -0.387 e. The molecule has 0 radical (unpaired) electrons. The van der Waals surface area contributed by atoms with Gasteiger partial charge in [0.15, 0.2) is 6.23 Å². The molecule has 1 aromatic carbocycles. The number of rotatable bonds is 5. The first-order valence-electron chi connectivity index (χ1n) is 9.79. The quantitative estimate of drug-likeness (QED) is 0.532. The molecular weight excluding hydrogens is 467 g/mol. The van der Waals surface area contributed by atoms with Crippen molar-refractivity contribution in [3.63, 3.8) is 0 Å². The minimum absolute atomic E-state index is 0.0886. The summed E-state index contributed by atoms with van der Waals surface area (Å²) in [5.41, 5.74) is -2.38. The number of phosphoric acid groups is 1. The molecule has 1 aromatic heterocycles. The zero-order chi connectivity index (χ0) is 23.1. The maximum absolute atomic E-state index is 13.1. The molecule has 0 spiro atoms. The van der Waals surface area contributed by atoms with Crippen LogP contribution in [0.2, 0.25) is 5.02 Å². The number of aliphatic hydroxyl groups is 2. The first-order chi connectivity index (χ1) is 15.1. The van der Waals surface area contributed by atoms with E-state index in [2.05, 4.69) is 0 Å². The summed E-state index contributed by atoms with van der Waals surface area (Å²) in [6.07, 6.45) is -3.43. The van der Waals surface area contributed by atoms with E-state index in [-0.39, 0.29) is 6.61 Å². The van der Waals surface area contributed by atoms with Gasteiger partial charge < -0.3 is 14.9 Å². The Labute approximate surface area is 187 Å². The number of halogens is 1. The number of aliphatic hydroxyl groups excluding tert-OH is 2. The number of benzene rings is 1. The van der Waals surface area contributed by atoms with Gasteiger partial charge >= 0.3 is 13.5 Å². The highest BCUT2D eigenvalue weighted by Crippen LogP contribution is 2.58. The van der Waals surface area contributed by atoms with Crippen LogP contribution in [0.5, 0.6) is 0 Å². The van der Waals surface area contributed by atoms with Gasteiger partial charge in [0, 0.05) is 29.3 Å². The molecular formula is C19H22ClN2O9P. The molecule has 0 saturated carbocycles. The molecule has 0 aliphatic carbocycles. The van der Waals surface area contributed by atoms with Gasteiger partial charge in [0.1, 0.15) is 17.8 Å². The van der Waals surface area contributed by atoms with E-state index in [1.54, 1.807) is 24.3 Å². The van der Waals surface area contributed by atoms with Crippen LogP contribution in [0.3, 0.4) is 0 Å². The lowest BCUT2D eigenvalue weighted by Gasteiger charge is -2.33. The number of H-pyrrole nitrogens is 1. The van der Waals surface area contributed by atoms with Crippen molar-refractivity contribution in [1.82, 2.24) is 9.55 Å². The second kappa shape index (κ2) is 8.85. The lowest BCUT2D eigenvalue weighted by Crippen LogP contribution is -2.44. The van der Waals surface area contributed by atoms with Crippen molar-refractivity contribution >= 4 is 19.4 Å². The van der Waals surface area contributed by atoms with Crippen LogP contribution >= 0.6 is 19.4 Å². The minimum atomic E-state index is -4.05. The second-order valence-corrected chi connectivity index (χ2v) is 9.76. The summed E-state index contributed by atoms with van der Waals surface area (Å²) in [4.78, 5) is 25.4. The molecule has 11 nitrogen and oxygen atoms in total. The number of hydrogen-bond acceptors (Lipinski definition) is 9. The first-order valence-corrected chi connectivity index (χ1v) is 11.6. The molecule has 0 amide bonds. The molecule has 174 valence electrons. The van der Waals surface area contributed by atoms with E-state index >= 15 is 0 Å². The van der Waals surface area contributed by atoms with Gasteiger partial charge in [-0.2, -0.15) is 0 Å². The highest BCUT2D eigenvalue weighted by Gasteiger charge is 2.54. The third-order valence-electron chi connectivity index (χ3n) is 5.40. The zero-order valence-corrected chi connectivity index (χ0v) is 18.6. The smallest absolute Gasteiger partial charge is 0.387 e. The van der Waals surface area contributed by atoms with Crippen LogP contribution < -0.4 is 11.2 Å². The highest BCUT2D eigenvalue weighted by atomic mass is 35.5. The van der Waals surface area contributed by atoms with Crippen molar-refractivity contribution < 1.29 is 33.1 Å². The van der Waals surface area contributed by atoms with Gasteiger partial charge in [-0.25, -0.2) is 9.36 Å². The molecule has 3 N–H and O–H groups in total. The Bertz CT molecular complexity index is 1150. The van der Waals surface area contributed by atoms with Crippen molar-refractivity contribution in [2.45, 2.75) is 43.5 Å². The lowest BCUT2D eigenvalue weighted by molar-refractivity contribution is -0.120. The van der Waals surface area contributed by atoms with Crippen LogP contribution in [-0.4, -0.2) is 50.8 Å². The van der Waals surface area contributed by atoms with E-state index < -0.39 is 55.8 Å². The number of hydrogen-bond donors (Lipinski definition) is 3. The molecule has 2 aromatic rings. The number of phosphoric ester groups is 1. The fraction of sp³-hybridized carbons (Fsp3) is 0.474. The van der Waals surface area contributed by atoms with Crippen molar-refractivity contribution in [2.24, 2.45) is 0 Å². The molecule has 1 unspecified atom stereocenters. The van der Waals surface area contributed by atoms with Crippen molar-refractivity contribution in [1.29, 1.82) is 0 Å². The summed E-state index contributed by atoms with van der Waals surface area (Å²) >= 11 is 6.20. The molecule has 2 saturated heterocycles. The number of nitrogens with zero attached hydrogens (tertiary/aromatic N) is 1. The molecule has 2 aliphatic rings.